The van der Waals surface area contributed by atoms with Crippen LogP contribution in [0.2, 0.25) is 0 Å². The molecule has 4 rings (SSSR count). The van der Waals surface area contributed by atoms with Crippen LogP contribution in [0.1, 0.15) is 81.6 Å². The third-order valence-electron chi connectivity index (χ3n) is 8.61. The smallest absolute Gasteiger partial charge is 0.408 e. The van der Waals surface area contributed by atoms with Gasteiger partial charge in [0.15, 0.2) is 0 Å². The minimum absolute atomic E-state index is 0.0186. The molecule has 1 aliphatic rings. The van der Waals surface area contributed by atoms with Gasteiger partial charge in [-0.1, -0.05) is 57.5 Å². The number of likely N-dealkylation sites (tertiary alicyclic amines) is 1. The number of nitrogens with zero attached hydrogens (tertiary/aromatic N) is 2. The third kappa shape index (κ3) is 10.9. The Morgan fingerprint density at radius 2 is 1.57 bits per heavy atom. The number of fused-ring (bicyclic) bond motifs is 1. The van der Waals surface area contributed by atoms with E-state index < -0.39 is 65.1 Å². The number of pyridine rings is 1. The molecule has 2 N–H and O–H groups in total. The van der Waals surface area contributed by atoms with Crippen LogP contribution >= 0.6 is 0 Å². The molecule has 3 amide bonds. The van der Waals surface area contributed by atoms with E-state index >= 15 is 0 Å². The van der Waals surface area contributed by atoms with Gasteiger partial charge in [0.2, 0.25) is 11.8 Å². The van der Waals surface area contributed by atoms with Crippen molar-refractivity contribution in [2.45, 2.75) is 117 Å². The number of rotatable bonds is 13. The van der Waals surface area contributed by atoms with Crippen molar-refractivity contribution in [1.82, 2.24) is 20.5 Å². The predicted octanol–water partition coefficient (Wildman–Crippen LogP) is 6.00. The Labute approximate surface area is 317 Å². The molecule has 13 nitrogen and oxygen atoms in total. The van der Waals surface area contributed by atoms with Crippen LogP contribution in [-0.2, 0) is 28.7 Å². The maximum absolute atomic E-state index is 14.4. The predicted molar refractivity (Wildman–Crippen MR) is 204 cm³/mol. The first-order valence-corrected chi connectivity index (χ1v) is 18.4. The number of carbonyl (C=O) groups is 5. The molecule has 0 radical (unpaired) electrons. The van der Waals surface area contributed by atoms with Crippen LogP contribution in [0.4, 0.5) is 4.79 Å². The summed E-state index contributed by atoms with van der Waals surface area (Å²) in [6.45, 7) is 15.5. The van der Waals surface area contributed by atoms with E-state index in [1.807, 2.05) is 49.4 Å². The lowest BCUT2D eigenvalue weighted by atomic mass is 10.0. The van der Waals surface area contributed by atoms with Gasteiger partial charge in [0.05, 0.1) is 30.9 Å². The number of ether oxygens (including phenoxy) is 4. The van der Waals surface area contributed by atoms with Crippen LogP contribution < -0.4 is 20.1 Å². The fourth-order valence-corrected chi connectivity index (χ4v) is 6.13. The summed E-state index contributed by atoms with van der Waals surface area (Å²) in [4.78, 5) is 73.7. The second-order valence-corrected chi connectivity index (χ2v) is 15.8. The molecule has 0 spiro atoms. The maximum Gasteiger partial charge on any atom is 0.408 e. The van der Waals surface area contributed by atoms with Crippen LogP contribution in [-0.4, -0.2) is 88.6 Å². The second kappa shape index (κ2) is 17.3. The highest BCUT2D eigenvalue weighted by Crippen LogP contribution is 2.35. The summed E-state index contributed by atoms with van der Waals surface area (Å²) in [6.07, 6.45) is -0.762. The van der Waals surface area contributed by atoms with Crippen molar-refractivity contribution < 1.29 is 42.9 Å². The molecule has 1 saturated heterocycles. The first-order chi connectivity index (χ1) is 25.3. The van der Waals surface area contributed by atoms with Gasteiger partial charge in [-0.2, -0.15) is 0 Å². The molecule has 2 aromatic carbocycles. The molecule has 1 aliphatic heterocycles. The molecule has 0 saturated carbocycles. The van der Waals surface area contributed by atoms with Crippen molar-refractivity contribution in [3.63, 3.8) is 0 Å². The number of Topliss-reactive ketones (excluding diaryl/α,β-unsaturated/α-hetero) is 1. The highest BCUT2D eigenvalue weighted by Gasteiger charge is 2.45. The molecular formula is C41H54N4O9. The molecule has 1 fully saturated rings. The van der Waals surface area contributed by atoms with E-state index in [-0.39, 0.29) is 25.3 Å². The standard InChI is InChI=1S/C41H54N4O9/c1-11-15-29(35(46)38(49)53-40(4,5)6)43-36(47)32-21-27(23-45(32)37(48)34(24(2)3)44-39(50)54-41(7,8)9)52-33-22-30(25-16-13-12-14-17-25)42-31-20-26(51-10)18-19-28(31)33/h12-14,16-20,22,24,27,29,32,34H,11,15,21,23H2,1-10H3,(H,43,47)(H,44,50)/t27-,29?,32+,34+/m1/s1. The largest absolute Gasteiger partial charge is 0.497 e. The fraction of sp³-hybridized carbons (Fsp3) is 0.512. The van der Waals surface area contributed by atoms with Crippen molar-refractivity contribution in [1.29, 1.82) is 0 Å². The number of hydrogen-bond donors (Lipinski definition) is 2. The zero-order valence-electron chi connectivity index (χ0n) is 33.0. The lowest BCUT2D eigenvalue weighted by molar-refractivity contribution is -0.163. The summed E-state index contributed by atoms with van der Waals surface area (Å²) in [5, 5.41) is 6.12. The third-order valence-corrected chi connectivity index (χ3v) is 8.61. The monoisotopic (exact) mass is 746 g/mol. The molecule has 1 unspecified atom stereocenters. The van der Waals surface area contributed by atoms with E-state index in [2.05, 4.69) is 10.6 Å². The summed E-state index contributed by atoms with van der Waals surface area (Å²) < 4.78 is 22.9. The van der Waals surface area contributed by atoms with Gasteiger partial charge in [-0.25, -0.2) is 14.6 Å². The van der Waals surface area contributed by atoms with E-state index in [0.717, 1.165) is 5.56 Å². The molecule has 0 bridgehead atoms. The van der Waals surface area contributed by atoms with Gasteiger partial charge < -0.3 is 34.5 Å². The summed E-state index contributed by atoms with van der Waals surface area (Å²) in [6, 6.07) is 13.5. The molecule has 4 atom stereocenters. The van der Waals surface area contributed by atoms with Crippen LogP contribution in [0.25, 0.3) is 22.2 Å². The van der Waals surface area contributed by atoms with Gasteiger partial charge >= 0.3 is 12.1 Å². The summed E-state index contributed by atoms with van der Waals surface area (Å²) >= 11 is 0. The lowest BCUT2D eigenvalue weighted by Crippen LogP contribution is -2.57. The Balaban J connectivity index is 1.71. The molecule has 2 heterocycles. The number of nitrogens with one attached hydrogen (secondary N) is 2. The fourth-order valence-electron chi connectivity index (χ4n) is 6.13. The van der Waals surface area contributed by atoms with Crippen molar-refractivity contribution in [3.05, 3.63) is 54.6 Å². The Morgan fingerprint density at radius 3 is 2.17 bits per heavy atom. The molecule has 1 aromatic heterocycles. The number of alkyl carbamates (subject to hydrolysis) is 1. The number of benzene rings is 2. The lowest BCUT2D eigenvalue weighted by Gasteiger charge is -2.31. The summed E-state index contributed by atoms with van der Waals surface area (Å²) in [5.74, 6) is -2.40. The molecule has 3 aromatic rings. The van der Waals surface area contributed by atoms with Gasteiger partial charge in [0.1, 0.15) is 40.9 Å². The van der Waals surface area contributed by atoms with Gasteiger partial charge in [0, 0.05) is 29.5 Å². The molecule has 13 heteroatoms. The molecular weight excluding hydrogens is 692 g/mol. The Bertz CT molecular complexity index is 1830. The Kier molecular flexibility index (Phi) is 13.3. The molecule has 54 heavy (non-hydrogen) atoms. The van der Waals surface area contributed by atoms with Gasteiger partial charge in [-0.3, -0.25) is 14.4 Å². The number of hydrogen-bond acceptors (Lipinski definition) is 10. The SMILES string of the molecule is CCCC(NC(=O)[C@@H]1C[C@@H](Oc2cc(-c3ccccc3)nc3cc(OC)ccc23)CN1C(=O)[C@@H](NC(=O)OC(C)(C)C)C(C)C)C(=O)C(=O)OC(C)(C)C. The van der Waals surface area contributed by atoms with Crippen molar-refractivity contribution in [2.75, 3.05) is 13.7 Å². The summed E-state index contributed by atoms with van der Waals surface area (Å²) in [5.41, 5.74) is 0.403. The van der Waals surface area contributed by atoms with E-state index in [1.165, 1.54) is 4.90 Å². The maximum atomic E-state index is 14.4. The van der Waals surface area contributed by atoms with Crippen LogP contribution in [0.5, 0.6) is 11.5 Å². The van der Waals surface area contributed by atoms with E-state index in [0.29, 0.717) is 34.5 Å². The molecule has 292 valence electrons. The Hall–Kier alpha value is -5.20. The zero-order valence-corrected chi connectivity index (χ0v) is 33.0. The van der Waals surface area contributed by atoms with Gasteiger partial charge in [0.25, 0.3) is 5.78 Å². The zero-order chi connectivity index (χ0) is 40.0. The first-order valence-electron chi connectivity index (χ1n) is 18.4. The number of methoxy groups -OCH3 is 1. The van der Waals surface area contributed by atoms with Crippen molar-refractivity contribution in [2.24, 2.45) is 5.92 Å². The average Bonchev–Trinajstić information content (AvgIpc) is 3.52. The van der Waals surface area contributed by atoms with E-state index in [9.17, 15) is 24.0 Å². The number of carbonyl (C=O) groups excluding carboxylic acids is 5. The van der Waals surface area contributed by atoms with Crippen molar-refractivity contribution >= 4 is 40.6 Å². The number of amides is 3. The van der Waals surface area contributed by atoms with Gasteiger partial charge in [-0.05, 0) is 66.0 Å². The number of aromatic nitrogens is 1. The minimum atomic E-state index is -1.18. The average molecular weight is 747 g/mol. The topological polar surface area (TPSA) is 162 Å². The van der Waals surface area contributed by atoms with Crippen LogP contribution in [0.15, 0.2) is 54.6 Å². The van der Waals surface area contributed by atoms with E-state index in [4.69, 9.17) is 23.9 Å². The summed E-state index contributed by atoms with van der Waals surface area (Å²) in [7, 11) is 1.57. The number of ketones is 1. The minimum Gasteiger partial charge on any atom is -0.497 e. The van der Waals surface area contributed by atoms with Gasteiger partial charge in [-0.15, -0.1) is 0 Å². The number of esters is 1. The van der Waals surface area contributed by atoms with Crippen LogP contribution in [0.3, 0.4) is 0 Å². The van der Waals surface area contributed by atoms with Crippen LogP contribution in [0, 0.1) is 5.92 Å². The normalized spacial score (nSPS) is 17.1. The van der Waals surface area contributed by atoms with E-state index in [1.54, 1.807) is 74.6 Å². The molecule has 0 aliphatic carbocycles. The van der Waals surface area contributed by atoms with Crippen molar-refractivity contribution in [3.8, 4) is 22.8 Å². The highest BCUT2D eigenvalue weighted by molar-refractivity contribution is 6.36. The highest BCUT2D eigenvalue weighted by atomic mass is 16.6. The quantitative estimate of drug-likeness (QED) is 0.157. The first kappa shape index (κ1) is 41.6. The second-order valence-electron chi connectivity index (χ2n) is 15.8. The Morgan fingerprint density at radius 1 is 0.907 bits per heavy atom.